The lowest BCUT2D eigenvalue weighted by atomic mass is 10.5. The molecule has 1 amide bonds. The summed E-state index contributed by atoms with van der Waals surface area (Å²) < 4.78 is 6.27. The van der Waals surface area contributed by atoms with Crippen molar-refractivity contribution in [3.8, 4) is 0 Å². The molecule has 0 atom stereocenters. The average Bonchev–Trinajstić information content (AvgIpc) is 2.60. The number of nitrogens with one attached hydrogen (secondary N) is 1. The molecule has 1 aromatic rings. The standard InChI is InChI=1S/C8H12N4O4/c1-12-5-10-11-6(12)2-9-7(13)3-16-4-8(14)15/h5H,2-4H2,1H3,(H,9,13)(H,14,15). The van der Waals surface area contributed by atoms with Gasteiger partial charge in [0, 0.05) is 7.05 Å². The van der Waals surface area contributed by atoms with Crippen LogP contribution in [-0.4, -0.2) is 45.0 Å². The molecule has 1 rings (SSSR count). The number of carbonyl (C=O) groups excluding carboxylic acids is 1. The Balaban J connectivity index is 2.20. The van der Waals surface area contributed by atoms with E-state index in [0.29, 0.717) is 5.82 Å². The summed E-state index contributed by atoms with van der Waals surface area (Å²) in [5.41, 5.74) is 0. The molecule has 0 aromatic carbocycles. The molecule has 0 saturated carbocycles. The highest BCUT2D eigenvalue weighted by Crippen LogP contribution is 1.89. The van der Waals surface area contributed by atoms with Crippen LogP contribution in [0, 0.1) is 0 Å². The number of hydrogen-bond donors (Lipinski definition) is 2. The average molecular weight is 228 g/mol. The first-order chi connectivity index (χ1) is 7.59. The lowest BCUT2D eigenvalue weighted by Crippen LogP contribution is -2.29. The van der Waals surface area contributed by atoms with Crippen molar-refractivity contribution in [2.45, 2.75) is 6.54 Å². The Morgan fingerprint density at radius 3 is 2.88 bits per heavy atom. The minimum absolute atomic E-state index is 0.228. The molecule has 0 aliphatic rings. The molecule has 0 unspecified atom stereocenters. The number of ether oxygens (including phenoxy) is 1. The molecule has 2 N–H and O–H groups in total. The van der Waals surface area contributed by atoms with Crippen LogP contribution in [-0.2, 0) is 27.9 Å². The van der Waals surface area contributed by atoms with Gasteiger partial charge in [-0.05, 0) is 0 Å². The normalized spacial score (nSPS) is 10.1. The fourth-order valence-electron chi connectivity index (χ4n) is 0.927. The van der Waals surface area contributed by atoms with Crippen LogP contribution in [0.1, 0.15) is 5.82 Å². The Labute approximate surface area is 91.2 Å². The second kappa shape index (κ2) is 5.81. The maximum Gasteiger partial charge on any atom is 0.329 e. The lowest BCUT2D eigenvalue weighted by molar-refractivity contribution is -0.143. The number of aromatic nitrogens is 3. The molecular formula is C8H12N4O4. The Kier molecular flexibility index (Phi) is 4.40. The summed E-state index contributed by atoms with van der Waals surface area (Å²) in [6.07, 6.45) is 1.52. The maximum absolute atomic E-state index is 11.1. The summed E-state index contributed by atoms with van der Waals surface area (Å²) in [7, 11) is 1.75. The van der Waals surface area contributed by atoms with E-state index >= 15 is 0 Å². The fourth-order valence-corrected chi connectivity index (χ4v) is 0.927. The van der Waals surface area contributed by atoms with E-state index in [-0.39, 0.29) is 13.2 Å². The summed E-state index contributed by atoms with van der Waals surface area (Å²) in [4.78, 5) is 21.2. The van der Waals surface area contributed by atoms with Crippen molar-refractivity contribution < 1.29 is 19.4 Å². The van der Waals surface area contributed by atoms with Crippen LogP contribution in [0.25, 0.3) is 0 Å². The summed E-state index contributed by atoms with van der Waals surface area (Å²) in [6, 6.07) is 0. The van der Waals surface area contributed by atoms with Gasteiger partial charge in [-0.15, -0.1) is 10.2 Å². The number of nitrogens with zero attached hydrogens (tertiary/aromatic N) is 3. The van der Waals surface area contributed by atoms with Crippen molar-refractivity contribution >= 4 is 11.9 Å². The summed E-state index contributed by atoms with van der Waals surface area (Å²) >= 11 is 0. The highest BCUT2D eigenvalue weighted by atomic mass is 16.5. The fraction of sp³-hybridized carbons (Fsp3) is 0.500. The van der Waals surface area contributed by atoms with Gasteiger partial charge in [0.1, 0.15) is 19.5 Å². The van der Waals surface area contributed by atoms with E-state index < -0.39 is 18.5 Å². The van der Waals surface area contributed by atoms with Crippen LogP contribution >= 0.6 is 0 Å². The topological polar surface area (TPSA) is 106 Å². The van der Waals surface area contributed by atoms with Gasteiger partial charge < -0.3 is 19.7 Å². The Bertz CT molecular complexity index is 376. The number of hydrogen-bond acceptors (Lipinski definition) is 5. The predicted octanol–water partition coefficient (Wildman–Crippen LogP) is -1.47. The van der Waals surface area contributed by atoms with Crippen LogP contribution in [0.2, 0.25) is 0 Å². The molecule has 88 valence electrons. The zero-order chi connectivity index (χ0) is 12.0. The molecular weight excluding hydrogens is 216 g/mol. The minimum Gasteiger partial charge on any atom is -0.480 e. The Morgan fingerprint density at radius 2 is 2.31 bits per heavy atom. The Hall–Kier alpha value is -1.96. The molecule has 0 saturated heterocycles. The van der Waals surface area contributed by atoms with E-state index in [1.54, 1.807) is 11.6 Å². The monoisotopic (exact) mass is 228 g/mol. The van der Waals surface area contributed by atoms with Gasteiger partial charge in [-0.1, -0.05) is 0 Å². The molecule has 0 fully saturated rings. The highest BCUT2D eigenvalue weighted by Gasteiger charge is 2.05. The molecule has 8 heteroatoms. The van der Waals surface area contributed by atoms with Gasteiger partial charge in [-0.3, -0.25) is 4.79 Å². The van der Waals surface area contributed by atoms with Crippen molar-refractivity contribution in [1.82, 2.24) is 20.1 Å². The van der Waals surface area contributed by atoms with Crippen LogP contribution in [0.4, 0.5) is 0 Å². The van der Waals surface area contributed by atoms with E-state index in [1.165, 1.54) is 6.33 Å². The van der Waals surface area contributed by atoms with E-state index in [0.717, 1.165) is 0 Å². The van der Waals surface area contributed by atoms with Gasteiger partial charge in [-0.2, -0.15) is 0 Å². The first-order valence-corrected chi connectivity index (χ1v) is 4.48. The molecule has 0 radical (unpaired) electrons. The predicted molar refractivity (Wildman–Crippen MR) is 51.3 cm³/mol. The quantitative estimate of drug-likeness (QED) is 0.615. The van der Waals surface area contributed by atoms with E-state index in [1.807, 2.05) is 0 Å². The van der Waals surface area contributed by atoms with Crippen molar-refractivity contribution in [2.75, 3.05) is 13.2 Å². The van der Waals surface area contributed by atoms with Gasteiger partial charge in [0.15, 0.2) is 5.82 Å². The molecule has 1 aromatic heterocycles. The summed E-state index contributed by atoms with van der Waals surface area (Å²) in [5.74, 6) is -0.906. The number of carboxylic acids is 1. The number of carbonyl (C=O) groups is 2. The van der Waals surface area contributed by atoms with Gasteiger partial charge in [0.25, 0.3) is 0 Å². The summed E-state index contributed by atoms with van der Waals surface area (Å²) in [5, 5.41) is 18.2. The molecule has 8 nitrogen and oxygen atoms in total. The zero-order valence-electron chi connectivity index (χ0n) is 8.71. The minimum atomic E-state index is -1.11. The highest BCUT2D eigenvalue weighted by molar-refractivity contribution is 5.77. The number of aliphatic carboxylic acids is 1. The van der Waals surface area contributed by atoms with E-state index in [9.17, 15) is 9.59 Å². The lowest BCUT2D eigenvalue weighted by Gasteiger charge is -2.04. The maximum atomic E-state index is 11.1. The van der Waals surface area contributed by atoms with Crippen molar-refractivity contribution in [3.05, 3.63) is 12.2 Å². The molecule has 0 aliphatic heterocycles. The number of amides is 1. The van der Waals surface area contributed by atoms with Crippen LogP contribution in [0.5, 0.6) is 0 Å². The van der Waals surface area contributed by atoms with E-state index in [2.05, 4.69) is 20.3 Å². The first kappa shape index (κ1) is 12.1. The smallest absolute Gasteiger partial charge is 0.329 e. The van der Waals surface area contributed by atoms with Crippen LogP contribution in [0.15, 0.2) is 6.33 Å². The largest absolute Gasteiger partial charge is 0.480 e. The molecule has 1 heterocycles. The second-order valence-corrected chi connectivity index (χ2v) is 3.02. The van der Waals surface area contributed by atoms with Crippen molar-refractivity contribution in [3.63, 3.8) is 0 Å². The molecule has 16 heavy (non-hydrogen) atoms. The van der Waals surface area contributed by atoms with Gasteiger partial charge in [-0.25, -0.2) is 4.79 Å². The first-order valence-electron chi connectivity index (χ1n) is 4.48. The van der Waals surface area contributed by atoms with Crippen LogP contribution in [0.3, 0.4) is 0 Å². The third kappa shape index (κ3) is 4.05. The van der Waals surface area contributed by atoms with Gasteiger partial charge in [0.05, 0.1) is 6.54 Å². The number of aryl methyl sites for hydroxylation is 1. The van der Waals surface area contributed by atoms with Gasteiger partial charge >= 0.3 is 5.97 Å². The third-order valence-corrected chi connectivity index (χ3v) is 1.71. The zero-order valence-corrected chi connectivity index (χ0v) is 8.71. The van der Waals surface area contributed by atoms with Crippen molar-refractivity contribution in [1.29, 1.82) is 0 Å². The number of carboxylic acid groups (broad SMARTS) is 1. The summed E-state index contributed by atoms with van der Waals surface area (Å²) in [6.45, 7) is -0.548. The SMILES string of the molecule is Cn1cnnc1CNC(=O)COCC(=O)O. The number of rotatable bonds is 6. The van der Waals surface area contributed by atoms with Crippen LogP contribution < -0.4 is 5.32 Å². The molecule has 0 spiro atoms. The molecule has 0 aliphatic carbocycles. The van der Waals surface area contributed by atoms with Crippen molar-refractivity contribution in [2.24, 2.45) is 7.05 Å². The van der Waals surface area contributed by atoms with E-state index in [4.69, 9.17) is 5.11 Å². The second-order valence-electron chi connectivity index (χ2n) is 3.02. The Morgan fingerprint density at radius 1 is 1.56 bits per heavy atom. The molecule has 0 bridgehead atoms. The third-order valence-electron chi connectivity index (χ3n) is 1.71. The van der Waals surface area contributed by atoms with Gasteiger partial charge in [0.2, 0.25) is 5.91 Å².